The first kappa shape index (κ1) is 13.6. The maximum atomic E-state index is 3.65. The third kappa shape index (κ3) is 3.51. The second-order valence-corrected chi connectivity index (χ2v) is 5.33. The average molecular weight is 284 g/mol. The second kappa shape index (κ2) is 6.29. The molecule has 0 radical (unpaired) electrons. The lowest BCUT2D eigenvalue weighted by Crippen LogP contribution is -2.19. The van der Waals surface area contributed by atoms with Gasteiger partial charge in [0, 0.05) is 10.5 Å². The number of benzene rings is 1. The van der Waals surface area contributed by atoms with Crippen LogP contribution >= 0.6 is 15.9 Å². The monoisotopic (exact) mass is 283 g/mol. The van der Waals surface area contributed by atoms with Crippen LogP contribution in [0.15, 0.2) is 16.6 Å². The summed E-state index contributed by atoms with van der Waals surface area (Å²) in [6.07, 6.45) is 3.64. The molecule has 1 aromatic rings. The Morgan fingerprint density at radius 2 is 1.94 bits per heavy atom. The Labute approximate surface area is 108 Å². The molecule has 16 heavy (non-hydrogen) atoms. The van der Waals surface area contributed by atoms with Gasteiger partial charge >= 0.3 is 0 Å². The molecule has 0 amide bonds. The van der Waals surface area contributed by atoms with Crippen LogP contribution in [-0.2, 0) is 0 Å². The number of hydrogen-bond donors (Lipinski definition) is 1. The lowest BCUT2D eigenvalue weighted by Gasteiger charge is -2.20. The molecule has 1 aromatic carbocycles. The SMILES string of the molecule is CCCC(CC)Nc1c(C)cc(C)cc1Br. The quantitative estimate of drug-likeness (QED) is 0.797. The number of rotatable bonds is 5. The molecule has 1 rings (SSSR count). The molecule has 0 saturated carbocycles. The summed E-state index contributed by atoms with van der Waals surface area (Å²) in [6.45, 7) is 8.77. The smallest absolute Gasteiger partial charge is 0.0516 e. The van der Waals surface area contributed by atoms with Gasteiger partial charge < -0.3 is 5.32 Å². The van der Waals surface area contributed by atoms with Crippen LogP contribution < -0.4 is 5.32 Å². The van der Waals surface area contributed by atoms with E-state index < -0.39 is 0 Å². The van der Waals surface area contributed by atoms with Crippen molar-refractivity contribution in [3.63, 3.8) is 0 Å². The fourth-order valence-corrected chi connectivity index (χ4v) is 2.82. The van der Waals surface area contributed by atoms with Crippen molar-refractivity contribution in [3.05, 3.63) is 27.7 Å². The highest BCUT2D eigenvalue weighted by atomic mass is 79.9. The van der Waals surface area contributed by atoms with E-state index in [9.17, 15) is 0 Å². The molecule has 0 fully saturated rings. The minimum atomic E-state index is 0.586. The van der Waals surface area contributed by atoms with Crippen LogP contribution in [0.1, 0.15) is 44.2 Å². The number of halogens is 1. The molecule has 0 bridgehead atoms. The van der Waals surface area contributed by atoms with E-state index in [0.29, 0.717) is 6.04 Å². The molecule has 0 heterocycles. The highest BCUT2D eigenvalue weighted by Gasteiger charge is 2.09. The Balaban J connectivity index is 2.87. The Bertz CT molecular complexity index is 324. The van der Waals surface area contributed by atoms with Gasteiger partial charge in [0.15, 0.2) is 0 Å². The third-order valence-corrected chi connectivity index (χ3v) is 3.54. The maximum Gasteiger partial charge on any atom is 0.0516 e. The van der Waals surface area contributed by atoms with Gasteiger partial charge in [-0.25, -0.2) is 0 Å². The number of aryl methyl sites for hydroxylation is 2. The molecule has 0 aliphatic rings. The van der Waals surface area contributed by atoms with E-state index in [2.05, 4.69) is 61.1 Å². The molecule has 1 unspecified atom stereocenters. The van der Waals surface area contributed by atoms with Gasteiger partial charge in [-0.15, -0.1) is 0 Å². The molecule has 0 aromatic heterocycles. The minimum Gasteiger partial charge on any atom is -0.381 e. The van der Waals surface area contributed by atoms with Gasteiger partial charge in [-0.1, -0.05) is 26.3 Å². The molecular weight excluding hydrogens is 262 g/mol. The number of anilines is 1. The van der Waals surface area contributed by atoms with E-state index in [1.165, 1.54) is 40.5 Å². The molecular formula is C14H22BrN. The molecule has 0 spiro atoms. The lowest BCUT2D eigenvalue weighted by atomic mass is 10.1. The zero-order chi connectivity index (χ0) is 12.1. The molecule has 2 heteroatoms. The van der Waals surface area contributed by atoms with Crippen LogP contribution in [0.4, 0.5) is 5.69 Å². The van der Waals surface area contributed by atoms with Crippen LogP contribution in [0.2, 0.25) is 0 Å². The summed E-state index contributed by atoms with van der Waals surface area (Å²) in [5, 5.41) is 3.65. The normalized spacial score (nSPS) is 12.6. The topological polar surface area (TPSA) is 12.0 Å². The Morgan fingerprint density at radius 3 is 2.44 bits per heavy atom. The highest BCUT2D eigenvalue weighted by Crippen LogP contribution is 2.29. The minimum absolute atomic E-state index is 0.586. The van der Waals surface area contributed by atoms with Crippen molar-refractivity contribution in [1.29, 1.82) is 0 Å². The summed E-state index contributed by atoms with van der Waals surface area (Å²) in [5.41, 5.74) is 3.88. The molecule has 0 aliphatic carbocycles. The summed E-state index contributed by atoms with van der Waals surface area (Å²) < 4.78 is 1.18. The van der Waals surface area contributed by atoms with Crippen molar-refractivity contribution in [2.24, 2.45) is 0 Å². The summed E-state index contributed by atoms with van der Waals surface area (Å²) in [7, 11) is 0. The van der Waals surface area contributed by atoms with Crippen molar-refractivity contribution in [2.75, 3.05) is 5.32 Å². The van der Waals surface area contributed by atoms with Crippen molar-refractivity contribution >= 4 is 21.6 Å². The molecule has 0 aliphatic heterocycles. The van der Waals surface area contributed by atoms with E-state index in [0.717, 1.165) is 0 Å². The summed E-state index contributed by atoms with van der Waals surface area (Å²) >= 11 is 3.64. The lowest BCUT2D eigenvalue weighted by molar-refractivity contribution is 0.622. The summed E-state index contributed by atoms with van der Waals surface area (Å²) in [6, 6.07) is 4.99. The first-order valence-electron chi connectivity index (χ1n) is 6.11. The summed E-state index contributed by atoms with van der Waals surface area (Å²) in [4.78, 5) is 0. The van der Waals surface area contributed by atoms with E-state index in [1.54, 1.807) is 0 Å². The van der Waals surface area contributed by atoms with Crippen LogP contribution in [0, 0.1) is 13.8 Å². The molecule has 0 saturated heterocycles. The fraction of sp³-hybridized carbons (Fsp3) is 0.571. The van der Waals surface area contributed by atoms with Gasteiger partial charge in [0.25, 0.3) is 0 Å². The first-order chi connectivity index (χ1) is 7.58. The second-order valence-electron chi connectivity index (χ2n) is 4.48. The predicted molar refractivity (Wildman–Crippen MR) is 76.2 cm³/mol. The third-order valence-electron chi connectivity index (χ3n) is 2.91. The highest BCUT2D eigenvalue weighted by molar-refractivity contribution is 9.10. The van der Waals surface area contributed by atoms with Gasteiger partial charge in [0.05, 0.1) is 5.69 Å². The van der Waals surface area contributed by atoms with Crippen LogP contribution in [0.25, 0.3) is 0 Å². The zero-order valence-electron chi connectivity index (χ0n) is 10.7. The standard InChI is InChI=1S/C14H22BrN/c1-5-7-12(6-2)16-14-11(4)8-10(3)9-13(14)15/h8-9,12,16H,5-7H2,1-4H3. The van der Waals surface area contributed by atoms with E-state index in [-0.39, 0.29) is 0 Å². The Hall–Kier alpha value is -0.500. The number of hydrogen-bond acceptors (Lipinski definition) is 1. The Kier molecular flexibility index (Phi) is 5.33. The molecule has 1 N–H and O–H groups in total. The maximum absolute atomic E-state index is 3.65. The number of nitrogens with one attached hydrogen (secondary N) is 1. The summed E-state index contributed by atoms with van der Waals surface area (Å²) in [5.74, 6) is 0. The van der Waals surface area contributed by atoms with Gasteiger partial charge in [-0.3, -0.25) is 0 Å². The van der Waals surface area contributed by atoms with E-state index >= 15 is 0 Å². The van der Waals surface area contributed by atoms with Crippen LogP contribution in [0.5, 0.6) is 0 Å². The van der Waals surface area contributed by atoms with Gasteiger partial charge in [-0.05, 0) is 59.8 Å². The molecule has 1 atom stereocenters. The van der Waals surface area contributed by atoms with Crippen molar-refractivity contribution < 1.29 is 0 Å². The van der Waals surface area contributed by atoms with Crippen molar-refractivity contribution in [1.82, 2.24) is 0 Å². The molecule has 90 valence electrons. The Morgan fingerprint density at radius 1 is 1.25 bits per heavy atom. The van der Waals surface area contributed by atoms with E-state index in [1.807, 2.05) is 0 Å². The largest absolute Gasteiger partial charge is 0.381 e. The van der Waals surface area contributed by atoms with Gasteiger partial charge in [0.2, 0.25) is 0 Å². The zero-order valence-corrected chi connectivity index (χ0v) is 12.3. The fourth-order valence-electron chi connectivity index (χ4n) is 2.03. The van der Waals surface area contributed by atoms with Gasteiger partial charge in [0.1, 0.15) is 0 Å². The van der Waals surface area contributed by atoms with Crippen molar-refractivity contribution in [2.45, 2.75) is 53.0 Å². The van der Waals surface area contributed by atoms with Crippen molar-refractivity contribution in [3.8, 4) is 0 Å². The predicted octanol–water partition coefficient (Wildman–Crippen LogP) is 5.06. The van der Waals surface area contributed by atoms with Crippen LogP contribution in [0.3, 0.4) is 0 Å². The average Bonchev–Trinajstić information content (AvgIpc) is 2.21. The van der Waals surface area contributed by atoms with Crippen LogP contribution in [-0.4, -0.2) is 6.04 Å². The molecule has 1 nitrogen and oxygen atoms in total. The first-order valence-corrected chi connectivity index (χ1v) is 6.91. The van der Waals surface area contributed by atoms with Gasteiger partial charge in [-0.2, -0.15) is 0 Å². The van der Waals surface area contributed by atoms with E-state index in [4.69, 9.17) is 0 Å².